The van der Waals surface area contributed by atoms with Crippen molar-refractivity contribution in [3.63, 3.8) is 0 Å². The van der Waals surface area contributed by atoms with Gasteiger partial charge in [-0.15, -0.1) is 0 Å². The van der Waals surface area contributed by atoms with Crippen LogP contribution in [0.3, 0.4) is 0 Å². The van der Waals surface area contributed by atoms with E-state index in [0.717, 1.165) is 6.42 Å². The first-order chi connectivity index (χ1) is 9.12. The van der Waals surface area contributed by atoms with Crippen molar-refractivity contribution in [2.75, 3.05) is 6.61 Å². The lowest BCUT2D eigenvalue weighted by Crippen LogP contribution is -2.83. The van der Waals surface area contributed by atoms with Gasteiger partial charge in [-0.2, -0.15) is 0 Å². The van der Waals surface area contributed by atoms with E-state index in [2.05, 4.69) is 0 Å². The largest absolute Gasteiger partial charge is 0.388 e. The fourth-order valence-corrected chi connectivity index (χ4v) is 6.15. The number of Topliss-reactive ketones (excluding diaryl/α,β-unsaturated/α-hetero) is 1. The van der Waals surface area contributed by atoms with Crippen molar-refractivity contribution in [2.45, 2.75) is 57.5 Å². The Hall–Kier alpha value is -0.490. The van der Waals surface area contributed by atoms with E-state index in [1.165, 1.54) is 0 Å². The predicted octanol–water partition coefficient (Wildman–Crippen LogP) is 0.212. The van der Waals surface area contributed by atoms with E-state index in [1.807, 2.05) is 13.8 Å². The lowest BCUT2D eigenvalue weighted by atomic mass is 9.35. The van der Waals surface area contributed by atoms with Crippen LogP contribution >= 0.6 is 0 Å². The van der Waals surface area contributed by atoms with E-state index in [0.29, 0.717) is 6.42 Å². The van der Waals surface area contributed by atoms with E-state index in [4.69, 9.17) is 4.74 Å². The van der Waals surface area contributed by atoms with Crippen LogP contribution in [-0.4, -0.2) is 45.2 Å². The number of aliphatic hydroxyl groups excluding tert-OH is 1. The van der Waals surface area contributed by atoms with Gasteiger partial charge in [0.1, 0.15) is 11.9 Å². The van der Waals surface area contributed by atoms with Crippen molar-refractivity contribution in [2.24, 2.45) is 22.2 Å². The molecule has 0 amide bonds. The van der Waals surface area contributed by atoms with Crippen LogP contribution in [0.4, 0.5) is 0 Å². The molecule has 112 valence electrons. The molecule has 4 saturated carbocycles. The van der Waals surface area contributed by atoms with Crippen LogP contribution in [0.25, 0.3) is 0 Å². The standard InChI is InChI=1S/C15H22O5/c1-8-4-5-14(18)11(2)7-20-15(19)10(17)13(8,14)6-9(16)12(11,15)3/h8,10,17-19H,4-7H2,1-3H3/t8?,10-,11-,12+,13?,14+,15?/m1/s1. The highest BCUT2D eigenvalue weighted by molar-refractivity contribution is 5.91. The van der Waals surface area contributed by atoms with Crippen LogP contribution in [0.15, 0.2) is 0 Å². The van der Waals surface area contributed by atoms with Gasteiger partial charge in [0.15, 0.2) is 0 Å². The van der Waals surface area contributed by atoms with E-state index in [-0.39, 0.29) is 24.7 Å². The fraction of sp³-hybridized carbons (Fsp3) is 0.933. The van der Waals surface area contributed by atoms with Crippen molar-refractivity contribution >= 4 is 5.78 Å². The maximum Gasteiger partial charge on any atom is 0.206 e. The molecule has 5 nitrogen and oxygen atoms in total. The maximum atomic E-state index is 12.8. The van der Waals surface area contributed by atoms with Crippen molar-refractivity contribution in [1.82, 2.24) is 0 Å². The second kappa shape index (κ2) is 3.00. The van der Waals surface area contributed by atoms with Gasteiger partial charge >= 0.3 is 0 Å². The highest BCUT2D eigenvalue weighted by Gasteiger charge is 2.91. The minimum absolute atomic E-state index is 0.0242. The third-order valence-corrected chi connectivity index (χ3v) is 7.77. The second-order valence-electron chi connectivity index (χ2n) is 7.79. The Morgan fingerprint density at radius 1 is 1.30 bits per heavy atom. The molecular formula is C15H22O5. The summed E-state index contributed by atoms with van der Waals surface area (Å²) in [6, 6.07) is 0. The minimum Gasteiger partial charge on any atom is -0.388 e. The molecule has 4 bridgehead atoms. The minimum atomic E-state index is -1.87. The van der Waals surface area contributed by atoms with Gasteiger partial charge in [0.25, 0.3) is 0 Å². The van der Waals surface area contributed by atoms with Crippen molar-refractivity contribution < 1.29 is 24.9 Å². The van der Waals surface area contributed by atoms with Gasteiger partial charge < -0.3 is 20.1 Å². The van der Waals surface area contributed by atoms with Crippen LogP contribution in [0, 0.1) is 22.2 Å². The number of ether oxygens (including phenoxy) is 1. The van der Waals surface area contributed by atoms with Crippen molar-refractivity contribution in [1.29, 1.82) is 0 Å². The third-order valence-electron chi connectivity index (χ3n) is 7.77. The van der Waals surface area contributed by atoms with E-state index < -0.39 is 33.7 Å². The molecular weight excluding hydrogens is 260 g/mol. The first kappa shape index (κ1) is 13.2. The van der Waals surface area contributed by atoms with Gasteiger partial charge in [-0.25, -0.2) is 0 Å². The van der Waals surface area contributed by atoms with Gasteiger partial charge in [-0.05, 0) is 25.7 Å². The molecule has 0 aromatic heterocycles. The Kier molecular flexibility index (Phi) is 1.98. The molecule has 1 aliphatic heterocycles. The van der Waals surface area contributed by atoms with Crippen LogP contribution in [0.5, 0.6) is 0 Å². The van der Waals surface area contributed by atoms with Crippen LogP contribution in [0.1, 0.15) is 40.0 Å². The molecule has 20 heavy (non-hydrogen) atoms. The molecule has 5 aliphatic rings. The second-order valence-corrected chi connectivity index (χ2v) is 7.79. The quantitative estimate of drug-likeness (QED) is 0.591. The Bertz CT molecular complexity index is 534. The molecule has 5 fully saturated rings. The smallest absolute Gasteiger partial charge is 0.206 e. The lowest BCUT2D eigenvalue weighted by molar-refractivity contribution is -0.368. The summed E-state index contributed by atoms with van der Waals surface area (Å²) in [4.78, 5) is 12.8. The maximum absolute atomic E-state index is 12.8. The molecule has 7 atom stereocenters. The lowest BCUT2D eigenvalue weighted by Gasteiger charge is -2.69. The highest BCUT2D eigenvalue weighted by atomic mass is 16.6. The van der Waals surface area contributed by atoms with Crippen LogP contribution in [0.2, 0.25) is 0 Å². The number of rotatable bonds is 0. The first-order valence-electron chi connectivity index (χ1n) is 7.42. The molecule has 1 heterocycles. The summed E-state index contributed by atoms with van der Waals surface area (Å²) in [6.07, 6.45) is 0.201. The zero-order valence-corrected chi connectivity index (χ0v) is 12.1. The zero-order chi connectivity index (χ0) is 14.8. The van der Waals surface area contributed by atoms with E-state index in [1.54, 1.807) is 6.92 Å². The van der Waals surface area contributed by atoms with Crippen LogP contribution < -0.4 is 0 Å². The monoisotopic (exact) mass is 282 g/mol. The molecule has 0 radical (unpaired) electrons. The Morgan fingerprint density at radius 3 is 2.60 bits per heavy atom. The Labute approximate surface area is 117 Å². The zero-order valence-electron chi connectivity index (χ0n) is 12.1. The summed E-state index contributed by atoms with van der Waals surface area (Å²) in [5, 5.41) is 33.3. The van der Waals surface area contributed by atoms with Crippen molar-refractivity contribution in [3.8, 4) is 0 Å². The van der Waals surface area contributed by atoms with Gasteiger partial charge in [0.05, 0.1) is 17.6 Å². The van der Waals surface area contributed by atoms with E-state index >= 15 is 0 Å². The first-order valence-corrected chi connectivity index (χ1v) is 7.42. The van der Waals surface area contributed by atoms with Gasteiger partial charge in [0.2, 0.25) is 5.79 Å². The number of fused-ring (bicyclic) bond motifs is 1. The number of ketones is 1. The molecule has 5 heteroatoms. The molecule has 4 aliphatic carbocycles. The summed E-state index contributed by atoms with van der Waals surface area (Å²) in [6.45, 7) is 5.54. The topological polar surface area (TPSA) is 87.0 Å². The fourth-order valence-electron chi connectivity index (χ4n) is 6.15. The number of aliphatic hydroxyl groups is 3. The third kappa shape index (κ3) is 0.794. The van der Waals surface area contributed by atoms with Crippen molar-refractivity contribution in [3.05, 3.63) is 0 Å². The summed E-state index contributed by atoms with van der Waals surface area (Å²) >= 11 is 0. The van der Waals surface area contributed by atoms with Gasteiger partial charge in [0, 0.05) is 17.3 Å². The molecule has 3 unspecified atom stereocenters. The molecule has 3 N–H and O–H groups in total. The van der Waals surface area contributed by atoms with Gasteiger partial charge in [-0.3, -0.25) is 4.79 Å². The number of hydrogen-bond donors (Lipinski definition) is 3. The SMILES string of the molecule is CC1CC[C@@]2(O)C13CC(=O)[C@]1(C)C(O)(OC[C@@]21C)[C@@H]3O. The normalized spacial score (nSPS) is 67.6. The molecule has 5 rings (SSSR count). The Balaban J connectivity index is 2.10. The molecule has 0 aromatic rings. The predicted molar refractivity (Wildman–Crippen MR) is 68.5 cm³/mol. The summed E-state index contributed by atoms with van der Waals surface area (Å²) in [5.41, 5.74) is -4.25. The number of carbonyl (C=O) groups excluding carboxylic acids is 1. The Morgan fingerprint density at radius 2 is 1.95 bits per heavy atom. The average Bonchev–Trinajstić information content (AvgIpc) is 2.77. The van der Waals surface area contributed by atoms with E-state index in [9.17, 15) is 20.1 Å². The summed E-state index contributed by atoms with van der Waals surface area (Å²) in [5.74, 6) is -1.99. The summed E-state index contributed by atoms with van der Waals surface area (Å²) in [7, 11) is 0. The number of hydrogen-bond acceptors (Lipinski definition) is 5. The molecule has 1 saturated heterocycles. The molecule has 1 spiro atoms. The van der Waals surface area contributed by atoms with Crippen LogP contribution in [-0.2, 0) is 9.53 Å². The highest BCUT2D eigenvalue weighted by Crippen LogP contribution is 2.79. The summed E-state index contributed by atoms with van der Waals surface area (Å²) < 4.78 is 5.56. The molecule has 0 aromatic carbocycles. The van der Waals surface area contributed by atoms with Gasteiger partial charge in [-0.1, -0.05) is 13.8 Å². The average molecular weight is 282 g/mol. The number of carbonyl (C=O) groups is 1.